The first-order chi connectivity index (χ1) is 10.8. The van der Waals surface area contributed by atoms with Crippen LogP contribution in [0.1, 0.15) is 24.1 Å². The number of aromatic hydroxyl groups is 1. The van der Waals surface area contributed by atoms with Gasteiger partial charge in [0.2, 0.25) is 5.75 Å². The highest BCUT2D eigenvalue weighted by molar-refractivity contribution is 6.31. The molecule has 0 bridgehead atoms. The number of rotatable bonds is 4. The van der Waals surface area contributed by atoms with Crippen LogP contribution >= 0.6 is 11.6 Å². The molecule has 0 amide bonds. The van der Waals surface area contributed by atoms with E-state index in [2.05, 4.69) is 4.99 Å². The zero-order valence-corrected chi connectivity index (χ0v) is 12.6. The fourth-order valence-corrected chi connectivity index (χ4v) is 2.18. The highest BCUT2D eigenvalue weighted by atomic mass is 35.5. The lowest BCUT2D eigenvalue weighted by atomic mass is 10.1. The number of nitro groups is 1. The third kappa shape index (κ3) is 3.81. The van der Waals surface area contributed by atoms with E-state index in [0.29, 0.717) is 0 Å². The summed E-state index contributed by atoms with van der Waals surface area (Å²) < 4.78 is 26.6. The van der Waals surface area contributed by atoms with Gasteiger partial charge in [-0.25, -0.2) is 8.78 Å². The molecule has 120 valence electrons. The number of phenols is 1. The maximum Gasteiger partial charge on any atom is 0.312 e. The summed E-state index contributed by atoms with van der Waals surface area (Å²) in [6.07, 6.45) is 1.15. The molecule has 1 atom stereocenters. The lowest BCUT2D eigenvalue weighted by Gasteiger charge is -2.08. The van der Waals surface area contributed by atoms with Crippen molar-refractivity contribution in [1.82, 2.24) is 0 Å². The summed E-state index contributed by atoms with van der Waals surface area (Å²) in [4.78, 5) is 14.1. The summed E-state index contributed by atoms with van der Waals surface area (Å²) in [5, 5.41) is 20.7. The summed E-state index contributed by atoms with van der Waals surface area (Å²) in [6, 6.07) is 4.72. The van der Waals surface area contributed by atoms with E-state index in [4.69, 9.17) is 11.6 Å². The van der Waals surface area contributed by atoms with Crippen molar-refractivity contribution in [2.24, 2.45) is 4.99 Å². The maximum absolute atomic E-state index is 13.7. The highest BCUT2D eigenvalue weighted by Gasteiger charge is 2.18. The number of benzene rings is 2. The molecule has 2 rings (SSSR count). The van der Waals surface area contributed by atoms with Crippen LogP contribution in [0, 0.1) is 21.7 Å². The zero-order chi connectivity index (χ0) is 17.1. The van der Waals surface area contributed by atoms with E-state index in [1.807, 2.05) is 0 Å². The first-order valence-electron chi connectivity index (χ1n) is 6.44. The van der Waals surface area contributed by atoms with Gasteiger partial charge in [-0.15, -0.1) is 0 Å². The summed E-state index contributed by atoms with van der Waals surface area (Å²) in [7, 11) is 0. The summed E-state index contributed by atoms with van der Waals surface area (Å²) in [5.41, 5.74) is -0.378. The summed E-state index contributed by atoms with van der Waals surface area (Å²) in [5.74, 6) is -2.04. The second-order valence-electron chi connectivity index (χ2n) is 4.74. The largest absolute Gasteiger partial charge is 0.502 e. The highest BCUT2D eigenvalue weighted by Crippen LogP contribution is 2.32. The minimum Gasteiger partial charge on any atom is -0.502 e. The van der Waals surface area contributed by atoms with Crippen LogP contribution in [0.3, 0.4) is 0 Å². The molecule has 0 radical (unpaired) electrons. The molecule has 2 aromatic rings. The van der Waals surface area contributed by atoms with Gasteiger partial charge >= 0.3 is 5.69 Å². The lowest BCUT2D eigenvalue weighted by Crippen LogP contribution is -1.97. The van der Waals surface area contributed by atoms with Gasteiger partial charge in [0, 0.05) is 34.5 Å². The van der Waals surface area contributed by atoms with Crippen LogP contribution in [-0.4, -0.2) is 16.2 Å². The van der Waals surface area contributed by atoms with Crippen molar-refractivity contribution in [1.29, 1.82) is 0 Å². The predicted molar refractivity (Wildman–Crippen MR) is 82.1 cm³/mol. The van der Waals surface area contributed by atoms with Gasteiger partial charge in [-0.1, -0.05) is 17.7 Å². The first kappa shape index (κ1) is 16.8. The Morgan fingerprint density at radius 2 is 2.04 bits per heavy atom. The second-order valence-corrected chi connectivity index (χ2v) is 5.18. The van der Waals surface area contributed by atoms with Crippen LogP contribution in [0.4, 0.5) is 14.5 Å². The average Bonchev–Trinajstić information content (AvgIpc) is 2.47. The van der Waals surface area contributed by atoms with Crippen molar-refractivity contribution < 1.29 is 18.8 Å². The molecule has 23 heavy (non-hydrogen) atoms. The third-order valence-electron chi connectivity index (χ3n) is 3.13. The number of halogens is 3. The Labute approximate surface area is 135 Å². The van der Waals surface area contributed by atoms with E-state index in [-0.39, 0.29) is 16.1 Å². The zero-order valence-electron chi connectivity index (χ0n) is 11.8. The van der Waals surface area contributed by atoms with Gasteiger partial charge in [-0.3, -0.25) is 15.1 Å². The molecule has 0 heterocycles. The molecule has 5 nitrogen and oxygen atoms in total. The molecule has 0 aromatic heterocycles. The third-order valence-corrected chi connectivity index (χ3v) is 3.35. The molecular weight excluding hydrogens is 330 g/mol. The van der Waals surface area contributed by atoms with Crippen LogP contribution in [-0.2, 0) is 0 Å². The summed E-state index contributed by atoms with van der Waals surface area (Å²) in [6.45, 7) is 1.56. The lowest BCUT2D eigenvalue weighted by molar-refractivity contribution is -0.385. The first-order valence-corrected chi connectivity index (χ1v) is 6.82. The van der Waals surface area contributed by atoms with Crippen LogP contribution < -0.4 is 0 Å². The van der Waals surface area contributed by atoms with Crippen molar-refractivity contribution in [3.8, 4) is 5.75 Å². The predicted octanol–water partition coefficient (Wildman–Crippen LogP) is 4.41. The van der Waals surface area contributed by atoms with Gasteiger partial charge < -0.3 is 5.11 Å². The van der Waals surface area contributed by atoms with Crippen molar-refractivity contribution >= 4 is 23.5 Å². The van der Waals surface area contributed by atoms with E-state index in [0.717, 1.165) is 24.4 Å². The second kappa shape index (κ2) is 6.70. The number of phenolic OH excluding ortho intramolecular Hbond substituents is 1. The summed E-state index contributed by atoms with van der Waals surface area (Å²) >= 11 is 5.76. The fourth-order valence-electron chi connectivity index (χ4n) is 1.96. The van der Waals surface area contributed by atoms with Crippen LogP contribution in [0.5, 0.6) is 5.75 Å². The van der Waals surface area contributed by atoms with Gasteiger partial charge in [0.25, 0.3) is 0 Å². The van der Waals surface area contributed by atoms with E-state index < -0.39 is 34.0 Å². The molecule has 0 aliphatic rings. The van der Waals surface area contributed by atoms with E-state index in [9.17, 15) is 24.0 Å². The molecule has 0 spiro atoms. The Bertz CT molecular complexity index is 797. The Morgan fingerprint density at radius 3 is 2.65 bits per heavy atom. The van der Waals surface area contributed by atoms with Gasteiger partial charge in [0.1, 0.15) is 11.6 Å². The van der Waals surface area contributed by atoms with E-state index >= 15 is 0 Å². The molecule has 0 fully saturated rings. The van der Waals surface area contributed by atoms with Gasteiger partial charge in [0.15, 0.2) is 0 Å². The Balaban J connectivity index is 2.34. The van der Waals surface area contributed by atoms with E-state index in [1.54, 1.807) is 6.92 Å². The Kier molecular flexibility index (Phi) is 4.90. The van der Waals surface area contributed by atoms with Gasteiger partial charge in [0.05, 0.1) is 11.0 Å². The Hall–Kier alpha value is -2.54. The number of aliphatic imine (C=N–C) groups is 1. The van der Waals surface area contributed by atoms with Crippen LogP contribution in [0.15, 0.2) is 35.3 Å². The number of nitrogens with zero attached hydrogens (tertiary/aromatic N) is 2. The van der Waals surface area contributed by atoms with Crippen LogP contribution in [0.2, 0.25) is 5.02 Å². The normalized spacial score (nSPS) is 12.5. The number of nitro benzene ring substituents is 1. The standard InChI is InChI=1S/C15H11ClF2N2O3/c1-8(12-3-2-11(17)6-13(12)18)19-7-9-4-10(16)5-14(15(9)21)20(22)23/h2-8,21H,1H3/t8-/m0/s1. The van der Waals surface area contributed by atoms with Crippen molar-refractivity contribution in [2.75, 3.05) is 0 Å². The molecule has 0 unspecified atom stereocenters. The molecule has 1 N–H and O–H groups in total. The minimum atomic E-state index is -0.776. The maximum atomic E-state index is 13.7. The van der Waals surface area contributed by atoms with E-state index in [1.165, 1.54) is 12.1 Å². The molecular formula is C15H11ClF2N2O3. The smallest absolute Gasteiger partial charge is 0.312 e. The molecule has 0 aliphatic heterocycles. The average molecular weight is 341 g/mol. The molecule has 2 aromatic carbocycles. The number of hydrogen-bond acceptors (Lipinski definition) is 4. The Morgan fingerprint density at radius 1 is 1.35 bits per heavy atom. The molecule has 8 heteroatoms. The molecule has 0 saturated heterocycles. The van der Waals surface area contributed by atoms with Gasteiger partial charge in [-0.2, -0.15) is 0 Å². The molecule has 0 saturated carbocycles. The fraction of sp³-hybridized carbons (Fsp3) is 0.133. The number of hydrogen-bond donors (Lipinski definition) is 1. The van der Waals surface area contributed by atoms with Crippen molar-refractivity contribution in [2.45, 2.75) is 13.0 Å². The topological polar surface area (TPSA) is 75.7 Å². The van der Waals surface area contributed by atoms with Crippen molar-refractivity contribution in [3.63, 3.8) is 0 Å². The monoisotopic (exact) mass is 340 g/mol. The van der Waals surface area contributed by atoms with Crippen molar-refractivity contribution in [3.05, 3.63) is 68.2 Å². The molecule has 0 aliphatic carbocycles. The quantitative estimate of drug-likeness (QED) is 0.508. The van der Waals surface area contributed by atoms with Gasteiger partial charge in [-0.05, 0) is 19.1 Å². The SMILES string of the molecule is C[C@H](N=Cc1cc(Cl)cc([N+](=O)[O-])c1O)c1ccc(F)cc1F. The van der Waals surface area contributed by atoms with Crippen LogP contribution in [0.25, 0.3) is 0 Å². The minimum absolute atomic E-state index is 0.0265.